The second kappa shape index (κ2) is 7.30. The first kappa shape index (κ1) is 17.5. The van der Waals surface area contributed by atoms with Crippen LogP contribution in [0.3, 0.4) is 0 Å². The Bertz CT molecular complexity index is 456. The highest BCUT2D eigenvalue weighted by atomic mass is 16.6. The number of likely N-dealkylation sites (tertiary alicyclic amines) is 2. The summed E-state index contributed by atoms with van der Waals surface area (Å²) in [6, 6.07) is 1.09. The van der Waals surface area contributed by atoms with Crippen molar-refractivity contribution in [3.8, 4) is 0 Å². The molecule has 2 aliphatic heterocycles. The van der Waals surface area contributed by atoms with Crippen molar-refractivity contribution in [3.63, 3.8) is 0 Å². The molecule has 3 aliphatic rings. The molecule has 1 spiro atoms. The molecule has 0 N–H and O–H groups in total. The Kier molecular flexibility index (Phi) is 5.33. The van der Waals surface area contributed by atoms with Crippen LogP contribution in [0.4, 0.5) is 4.79 Å². The molecule has 2 amide bonds. The first-order valence-corrected chi connectivity index (χ1v) is 9.47. The predicted molar refractivity (Wildman–Crippen MR) is 91.7 cm³/mol. The monoisotopic (exact) mass is 337 g/mol. The minimum absolute atomic E-state index is 0.146. The number of carbonyl (C=O) groups is 2. The largest absolute Gasteiger partial charge is 0.450 e. The lowest BCUT2D eigenvalue weighted by Crippen LogP contribution is -2.55. The average molecular weight is 337 g/mol. The number of piperidine rings is 1. The minimum Gasteiger partial charge on any atom is -0.450 e. The van der Waals surface area contributed by atoms with Gasteiger partial charge in [-0.15, -0.1) is 0 Å². The molecule has 0 atom stereocenters. The first-order chi connectivity index (χ1) is 11.6. The summed E-state index contributed by atoms with van der Waals surface area (Å²) in [6.07, 6.45) is 6.56. The number of hydrogen-bond acceptors (Lipinski definition) is 4. The van der Waals surface area contributed by atoms with Crippen LogP contribution in [-0.2, 0) is 9.53 Å². The Hall–Kier alpha value is -1.30. The van der Waals surface area contributed by atoms with Gasteiger partial charge in [0.1, 0.15) is 0 Å². The minimum atomic E-state index is -0.146. The lowest BCUT2D eigenvalue weighted by molar-refractivity contribution is -0.121. The zero-order valence-electron chi connectivity index (χ0n) is 15.1. The maximum absolute atomic E-state index is 11.9. The van der Waals surface area contributed by atoms with Crippen molar-refractivity contribution in [3.05, 3.63) is 0 Å². The number of rotatable bonds is 5. The number of carbonyl (C=O) groups excluding carboxylic acids is 2. The molecule has 0 aromatic heterocycles. The van der Waals surface area contributed by atoms with Crippen LogP contribution in [-0.4, -0.2) is 78.6 Å². The molecule has 6 heteroatoms. The van der Waals surface area contributed by atoms with E-state index in [9.17, 15) is 9.59 Å². The number of ether oxygens (including phenoxy) is 1. The summed E-state index contributed by atoms with van der Waals surface area (Å²) < 4.78 is 5.13. The van der Waals surface area contributed by atoms with Gasteiger partial charge in [-0.1, -0.05) is 0 Å². The van der Waals surface area contributed by atoms with Crippen molar-refractivity contribution in [2.24, 2.45) is 5.41 Å². The maximum Gasteiger partial charge on any atom is 0.409 e. The summed E-state index contributed by atoms with van der Waals surface area (Å²) in [6.45, 7) is 9.07. The molecule has 24 heavy (non-hydrogen) atoms. The number of hydrogen-bond donors (Lipinski definition) is 0. The van der Waals surface area contributed by atoms with Gasteiger partial charge in [-0.2, -0.15) is 0 Å². The Labute approximate surface area is 145 Å². The van der Waals surface area contributed by atoms with Gasteiger partial charge < -0.3 is 19.4 Å². The molecule has 2 saturated heterocycles. The molecule has 0 aromatic carbocycles. The highest BCUT2D eigenvalue weighted by Crippen LogP contribution is 2.50. The van der Waals surface area contributed by atoms with Crippen molar-refractivity contribution >= 4 is 12.5 Å². The van der Waals surface area contributed by atoms with Crippen LogP contribution in [0.25, 0.3) is 0 Å². The average Bonchev–Trinajstić information content (AvgIpc) is 3.01. The third-order valence-electron chi connectivity index (χ3n) is 6.29. The maximum atomic E-state index is 11.9. The summed E-state index contributed by atoms with van der Waals surface area (Å²) >= 11 is 0. The molecule has 3 fully saturated rings. The third kappa shape index (κ3) is 3.39. The second-order valence-corrected chi connectivity index (χ2v) is 7.64. The van der Waals surface area contributed by atoms with Crippen LogP contribution in [0.1, 0.15) is 46.0 Å². The van der Waals surface area contributed by atoms with Crippen molar-refractivity contribution in [1.82, 2.24) is 14.7 Å². The Morgan fingerprint density at radius 1 is 1.25 bits per heavy atom. The molecule has 2 heterocycles. The molecule has 0 unspecified atom stereocenters. The summed E-state index contributed by atoms with van der Waals surface area (Å²) in [5.41, 5.74) is 0.340. The number of nitrogens with zero attached hydrogens (tertiary/aromatic N) is 3. The molecular weight excluding hydrogens is 306 g/mol. The van der Waals surface area contributed by atoms with E-state index in [2.05, 4.69) is 4.90 Å². The standard InChI is InChI=1S/C18H31N3O3/c1-3-19(14-22)15-5-8-20(9-6-15)16-11-18(12-16)7-10-21(13-18)17(23)24-4-2/h14-16H,3-13H2,1-2H3. The second-order valence-electron chi connectivity index (χ2n) is 7.64. The fraction of sp³-hybridized carbons (Fsp3) is 0.889. The highest BCUT2D eigenvalue weighted by molar-refractivity contribution is 5.68. The highest BCUT2D eigenvalue weighted by Gasteiger charge is 2.51. The topological polar surface area (TPSA) is 53.1 Å². The van der Waals surface area contributed by atoms with Crippen LogP contribution in [0.5, 0.6) is 0 Å². The Morgan fingerprint density at radius 2 is 1.96 bits per heavy atom. The molecule has 1 saturated carbocycles. The van der Waals surface area contributed by atoms with E-state index in [1.807, 2.05) is 23.6 Å². The van der Waals surface area contributed by atoms with Crippen LogP contribution >= 0.6 is 0 Å². The molecule has 6 nitrogen and oxygen atoms in total. The Morgan fingerprint density at radius 3 is 2.54 bits per heavy atom. The lowest BCUT2D eigenvalue weighted by Gasteiger charge is -2.52. The molecule has 0 radical (unpaired) electrons. The molecule has 136 valence electrons. The summed E-state index contributed by atoms with van der Waals surface area (Å²) in [4.78, 5) is 29.4. The van der Waals surface area contributed by atoms with Gasteiger partial charge in [-0.25, -0.2) is 4.79 Å². The molecule has 0 aromatic rings. The van der Waals surface area contributed by atoms with Gasteiger partial charge >= 0.3 is 6.09 Å². The summed E-state index contributed by atoms with van der Waals surface area (Å²) in [5.74, 6) is 0. The third-order valence-corrected chi connectivity index (χ3v) is 6.29. The van der Waals surface area contributed by atoms with E-state index in [1.165, 1.54) is 12.8 Å². The van der Waals surface area contributed by atoms with Crippen LogP contribution in [0, 0.1) is 5.41 Å². The summed E-state index contributed by atoms with van der Waals surface area (Å²) in [7, 11) is 0. The van der Waals surface area contributed by atoms with Gasteiger partial charge in [-0.05, 0) is 51.4 Å². The van der Waals surface area contributed by atoms with Crippen molar-refractivity contribution in [2.45, 2.75) is 58.0 Å². The zero-order chi connectivity index (χ0) is 17.2. The van der Waals surface area contributed by atoms with Gasteiger partial charge in [0.15, 0.2) is 0 Å². The normalized spacial score (nSPS) is 31.1. The SMILES string of the molecule is CCOC(=O)N1CCC2(CC(N3CCC(N(C=O)CC)CC3)C2)C1. The van der Waals surface area contributed by atoms with E-state index in [4.69, 9.17) is 4.74 Å². The van der Waals surface area contributed by atoms with Gasteiger partial charge in [-0.3, -0.25) is 4.79 Å². The van der Waals surface area contributed by atoms with Crippen LogP contribution in [0.2, 0.25) is 0 Å². The van der Waals surface area contributed by atoms with Crippen molar-refractivity contribution < 1.29 is 14.3 Å². The fourth-order valence-electron chi connectivity index (χ4n) is 4.84. The Balaban J connectivity index is 1.43. The fourth-order valence-corrected chi connectivity index (χ4v) is 4.84. The van der Waals surface area contributed by atoms with Crippen LogP contribution in [0.15, 0.2) is 0 Å². The van der Waals surface area contributed by atoms with Gasteiger partial charge in [0.05, 0.1) is 6.61 Å². The summed E-state index contributed by atoms with van der Waals surface area (Å²) in [5, 5.41) is 0. The van der Waals surface area contributed by atoms with Crippen LogP contribution < -0.4 is 0 Å². The smallest absolute Gasteiger partial charge is 0.409 e. The molecule has 1 aliphatic carbocycles. The van der Waals surface area contributed by atoms with E-state index in [-0.39, 0.29) is 6.09 Å². The van der Waals surface area contributed by atoms with E-state index in [1.54, 1.807) is 0 Å². The van der Waals surface area contributed by atoms with E-state index in [0.717, 1.165) is 58.4 Å². The van der Waals surface area contributed by atoms with E-state index < -0.39 is 0 Å². The molecule has 3 rings (SSSR count). The van der Waals surface area contributed by atoms with E-state index >= 15 is 0 Å². The molecule has 0 bridgehead atoms. The molecular formula is C18H31N3O3. The zero-order valence-corrected chi connectivity index (χ0v) is 15.1. The predicted octanol–water partition coefficient (Wildman–Crippen LogP) is 1.94. The quantitative estimate of drug-likeness (QED) is 0.720. The number of amides is 2. The lowest BCUT2D eigenvalue weighted by atomic mass is 9.64. The van der Waals surface area contributed by atoms with Crippen molar-refractivity contribution in [2.75, 3.05) is 39.3 Å². The van der Waals surface area contributed by atoms with Gasteiger partial charge in [0, 0.05) is 44.8 Å². The first-order valence-electron chi connectivity index (χ1n) is 9.47. The van der Waals surface area contributed by atoms with Crippen molar-refractivity contribution in [1.29, 1.82) is 0 Å². The van der Waals surface area contributed by atoms with E-state index in [0.29, 0.717) is 24.1 Å². The van der Waals surface area contributed by atoms with Gasteiger partial charge in [0.2, 0.25) is 6.41 Å². The van der Waals surface area contributed by atoms with Gasteiger partial charge in [0.25, 0.3) is 0 Å².